The molecule has 2 aromatic rings. The van der Waals surface area contributed by atoms with Crippen LogP contribution in [0, 0.1) is 6.92 Å². The zero-order chi connectivity index (χ0) is 15.8. The molecule has 0 unspecified atom stereocenters. The molecule has 0 aliphatic rings. The number of nitrogens with one attached hydrogen (secondary N) is 2. The minimum Gasteiger partial charge on any atom is -0.497 e. The Hall–Kier alpha value is -1.76. The van der Waals surface area contributed by atoms with Crippen LogP contribution in [0.15, 0.2) is 53.5 Å². The van der Waals surface area contributed by atoms with Gasteiger partial charge in [-0.3, -0.25) is 4.99 Å². The van der Waals surface area contributed by atoms with E-state index in [4.69, 9.17) is 4.74 Å². The molecule has 0 saturated heterocycles. The summed E-state index contributed by atoms with van der Waals surface area (Å²) in [7, 11) is 3.45. The van der Waals surface area contributed by atoms with Gasteiger partial charge in [-0.1, -0.05) is 36.4 Å². The van der Waals surface area contributed by atoms with Crippen molar-refractivity contribution >= 4 is 29.9 Å². The van der Waals surface area contributed by atoms with E-state index in [9.17, 15) is 0 Å². The maximum atomic E-state index is 5.16. The Labute approximate surface area is 155 Å². The van der Waals surface area contributed by atoms with Gasteiger partial charge in [-0.05, 0) is 35.7 Å². The van der Waals surface area contributed by atoms with Crippen LogP contribution in [-0.4, -0.2) is 20.1 Å². The minimum absolute atomic E-state index is 0. The number of benzene rings is 2. The number of guanidine groups is 1. The number of hydrogen-bond acceptors (Lipinski definition) is 2. The average Bonchev–Trinajstić information content (AvgIpc) is 2.57. The van der Waals surface area contributed by atoms with Crippen molar-refractivity contribution in [1.82, 2.24) is 10.6 Å². The van der Waals surface area contributed by atoms with Gasteiger partial charge in [-0.15, -0.1) is 24.0 Å². The fraction of sp³-hybridized carbons (Fsp3) is 0.278. The van der Waals surface area contributed by atoms with Gasteiger partial charge in [-0.2, -0.15) is 0 Å². The van der Waals surface area contributed by atoms with E-state index in [1.807, 2.05) is 24.3 Å². The predicted molar refractivity (Wildman–Crippen MR) is 107 cm³/mol. The summed E-state index contributed by atoms with van der Waals surface area (Å²) in [6.07, 6.45) is 0. The molecule has 0 heterocycles. The molecule has 0 saturated carbocycles. The Morgan fingerprint density at radius 2 is 1.65 bits per heavy atom. The molecule has 2 N–H and O–H groups in total. The largest absolute Gasteiger partial charge is 0.497 e. The topological polar surface area (TPSA) is 45.7 Å². The highest BCUT2D eigenvalue weighted by Crippen LogP contribution is 2.11. The fourth-order valence-electron chi connectivity index (χ4n) is 2.14. The highest BCUT2D eigenvalue weighted by atomic mass is 127. The molecule has 23 heavy (non-hydrogen) atoms. The lowest BCUT2D eigenvalue weighted by Gasteiger charge is -2.13. The molecule has 0 atom stereocenters. The summed E-state index contributed by atoms with van der Waals surface area (Å²) >= 11 is 0. The van der Waals surface area contributed by atoms with Gasteiger partial charge in [0.2, 0.25) is 0 Å². The molecule has 124 valence electrons. The first-order valence-electron chi connectivity index (χ1n) is 7.35. The Kier molecular flexibility index (Phi) is 8.47. The van der Waals surface area contributed by atoms with E-state index in [2.05, 4.69) is 46.8 Å². The monoisotopic (exact) mass is 425 g/mol. The van der Waals surface area contributed by atoms with Gasteiger partial charge in [0.25, 0.3) is 0 Å². The second-order valence-electron chi connectivity index (χ2n) is 5.05. The van der Waals surface area contributed by atoms with E-state index in [0.29, 0.717) is 0 Å². The first-order chi connectivity index (χ1) is 10.7. The SMILES string of the molecule is CN=C(NCc1ccc(OC)cc1)NCc1ccccc1C.I. The lowest BCUT2D eigenvalue weighted by atomic mass is 10.1. The van der Waals surface area contributed by atoms with E-state index in [1.165, 1.54) is 16.7 Å². The number of rotatable bonds is 5. The van der Waals surface area contributed by atoms with E-state index in [1.54, 1.807) is 14.2 Å². The molecule has 4 nitrogen and oxygen atoms in total. The Morgan fingerprint density at radius 1 is 1.00 bits per heavy atom. The number of nitrogens with zero attached hydrogens (tertiary/aromatic N) is 1. The second-order valence-corrected chi connectivity index (χ2v) is 5.05. The molecule has 0 bridgehead atoms. The molecular formula is C18H24IN3O. The van der Waals surface area contributed by atoms with Crippen molar-refractivity contribution in [3.05, 3.63) is 65.2 Å². The molecule has 0 aliphatic heterocycles. The van der Waals surface area contributed by atoms with E-state index >= 15 is 0 Å². The van der Waals surface area contributed by atoms with Gasteiger partial charge in [0, 0.05) is 20.1 Å². The first-order valence-corrected chi connectivity index (χ1v) is 7.35. The predicted octanol–water partition coefficient (Wildman–Crippen LogP) is 3.49. The number of ether oxygens (including phenoxy) is 1. The molecule has 0 spiro atoms. The molecule has 2 rings (SSSR count). The third-order valence-electron chi connectivity index (χ3n) is 3.55. The number of aliphatic imine (C=N–C) groups is 1. The van der Waals surface area contributed by atoms with Crippen molar-refractivity contribution in [2.45, 2.75) is 20.0 Å². The Bertz CT molecular complexity index is 626. The van der Waals surface area contributed by atoms with Crippen LogP contribution in [0.3, 0.4) is 0 Å². The first kappa shape index (κ1) is 19.3. The maximum absolute atomic E-state index is 5.16. The third kappa shape index (κ3) is 6.09. The summed E-state index contributed by atoms with van der Waals surface area (Å²) in [5.41, 5.74) is 3.73. The summed E-state index contributed by atoms with van der Waals surface area (Å²) in [5.74, 6) is 1.66. The van der Waals surface area contributed by atoms with Crippen LogP contribution < -0.4 is 15.4 Å². The van der Waals surface area contributed by atoms with Crippen molar-refractivity contribution in [1.29, 1.82) is 0 Å². The molecular weight excluding hydrogens is 401 g/mol. The molecule has 0 radical (unpaired) electrons. The normalized spacial score (nSPS) is 10.7. The molecule has 0 amide bonds. The van der Waals surface area contributed by atoms with Crippen molar-refractivity contribution in [2.75, 3.05) is 14.2 Å². The highest BCUT2D eigenvalue weighted by molar-refractivity contribution is 14.0. The summed E-state index contributed by atoms with van der Waals surface area (Å²) < 4.78 is 5.16. The number of methoxy groups -OCH3 is 1. The maximum Gasteiger partial charge on any atom is 0.191 e. The van der Waals surface area contributed by atoms with Gasteiger partial charge < -0.3 is 15.4 Å². The number of hydrogen-bond donors (Lipinski definition) is 2. The van der Waals surface area contributed by atoms with Crippen LogP contribution in [0.5, 0.6) is 5.75 Å². The van der Waals surface area contributed by atoms with Gasteiger partial charge >= 0.3 is 0 Å². The summed E-state index contributed by atoms with van der Waals surface area (Å²) in [5, 5.41) is 6.64. The van der Waals surface area contributed by atoms with Crippen molar-refractivity contribution in [2.24, 2.45) is 4.99 Å². The zero-order valence-electron chi connectivity index (χ0n) is 13.8. The third-order valence-corrected chi connectivity index (χ3v) is 3.55. The highest BCUT2D eigenvalue weighted by Gasteiger charge is 2.01. The van der Waals surface area contributed by atoms with Crippen molar-refractivity contribution in [3.8, 4) is 5.75 Å². The minimum atomic E-state index is 0. The molecule has 5 heteroatoms. The van der Waals surface area contributed by atoms with Gasteiger partial charge in [0.05, 0.1) is 7.11 Å². The van der Waals surface area contributed by atoms with Crippen LogP contribution in [0.4, 0.5) is 0 Å². The summed E-state index contributed by atoms with van der Waals surface area (Å²) in [4.78, 5) is 4.25. The second kappa shape index (κ2) is 10.1. The van der Waals surface area contributed by atoms with Crippen molar-refractivity contribution in [3.63, 3.8) is 0 Å². The zero-order valence-corrected chi connectivity index (χ0v) is 16.1. The molecule has 2 aromatic carbocycles. The Balaban J connectivity index is 0.00000264. The number of halogens is 1. The van der Waals surface area contributed by atoms with Crippen LogP contribution in [0.1, 0.15) is 16.7 Å². The van der Waals surface area contributed by atoms with Gasteiger partial charge in [-0.25, -0.2) is 0 Å². The van der Waals surface area contributed by atoms with Crippen LogP contribution >= 0.6 is 24.0 Å². The Morgan fingerprint density at radius 3 is 2.26 bits per heavy atom. The quantitative estimate of drug-likeness (QED) is 0.438. The van der Waals surface area contributed by atoms with Gasteiger partial charge in [0.15, 0.2) is 5.96 Å². The average molecular weight is 425 g/mol. The van der Waals surface area contributed by atoms with Gasteiger partial charge in [0.1, 0.15) is 5.75 Å². The lowest BCUT2D eigenvalue weighted by molar-refractivity contribution is 0.414. The van der Waals surface area contributed by atoms with E-state index < -0.39 is 0 Å². The van der Waals surface area contributed by atoms with Crippen molar-refractivity contribution < 1.29 is 4.74 Å². The summed E-state index contributed by atoms with van der Waals surface area (Å²) in [6, 6.07) is 16.3. The fourth-order valence-corrected chi connectivity index (χ4v) is 2.14. The van der Waals surface area contributed by atoms with Crippen LogP contribution in [0.2, 0.25) is 0 Å². The van der Waals surface area contributed by atoms with E-state index in [-0.39, 0.29) is 24.0 Å². The lowest BCUT2D eigenvalue weighted by Crippen LogP contribution is -2.36. The van der Waals surface area contributed by atoms with E-state index in [0.717, 1.165) is 24.8 Å². The van der Waals surface area contributed by atoms with Crippen LogP contribution in [0.25, 0.3) is 0 Å². The summed E-state index contributed by atoms with van der Waals surface area (Å²) in [6.45, 7) is 3.59. The number of aryl methyl sites for hydroxylation is 1. The standard InChI is InChI=1S/C18H23N3O.HI/c1-14-6-4-5-7-16(14)13-21-18(19-2)20-12-15-8-10-17(22-3)11-9-15;/h4-11H,12-13H2,1-3H3,(H2,19,20,21);1H. The molecule has 0 aromatic heterocycles. The smallest absolute Gasteiger partial charge is 0.191 e. The molecule has 0 aliphatic carbocycles. The molecule has 0 fully saturated rings. The van der Waals surface area contributed by atoms with Crippen LogP contribution in [-0.2, 0) is 13.1 Å².